The molecule has 0 radical (unpaired) electrons. The molecule has 2 saturated heterocycles. The van der Waals surface area contributed by atoms with Gasteiger partial charge in [0, 0.05) is 11.6 Å². The van der Waals surface area contributed by atoms with Crippen molar-refractivity contribution in [3.63, 3.8) is 0 Å². The summed E-state index contributed by atoms with van der Waals surface area (Å²) in [6, 6.07) is 0.859. The first-order valence-electron chi connectivity index (χ1n) is 6.65. The van der Waals surface area contributed by atoms with E-state index in [9.17, 15) is 0 Å². The number of hydrogen-bond donors (Lipinski definition) is 1. The van der Waals surface area contributed by atoms with Crippen LogP contribution in [0.15, 0.2) is 0 Å². The molecule has 2 aliphatic heterocycles. The average molecular weight is 210 g/mol. The van der Waals surface area contributed by atoms with Crippen LogP contribution in [0.4, 0.5) is 0 Å². The SMILES string of the molecule is CN1CCCCC1CCC1(C)CCCN1. The Morgan fingerprint density at radius 1 is 1.33 bits per heavy atom. The van der Waals surface area contributed by atoms with Crippen molar-refractivity contribution in [1.82, 2.24) is 10.2 Å². The lowest BCUT2D eigenvalue weighted by atomic mass is 9.89. The minimum absolute atomic E-state index is 0.457. The van der Waals surface area contributed by atoms with Gasteiger partial charge < -0.3 is 10.2 Å². The van der Waals surface area contributed by atoms with Crippen molar-refractivity contribution in [2.75, 3.05) is 20.1 Å². The lowest BCUT2D eigenvalue weighted by Gasteiger charge is -2.35. The van der Waals surface area contributed by atoms with E-state index in [1.54, 1.807) is 0 Å². The van der Waals surface area contributed by atoms with E-state index in [4.69, 9.17) is 0 Å². The number of nitrogens with one attached hydrogen (secondary N) is 1. The van der Waals surface area contributed by atoms with Crippen molar-refractivity contribution < 1.29 is 0 Å². The van der Waals surface area contributed by atoms with Crippen LogP contribution in [-0.4, -0.2) is 36.6 Å². The summed E-state index contributed by atoms with van der Waals surface area (Å²) < 4.78 is 0. The maximum Gasteiger partial charge on any atom is 0.0154 e. The molecule has 2 aliphatic rings. The average Bonchev–Trinajstić information content (AvgIpc) is 2.65. The third-order valence-electron chi connectivity index (χ3n) is 4.41. The monoisotopic (exact) mass is 210 g/mol. The zero-order chi connectivity index (χ0) is 10.7. The fourth-order valence-corrected chi connectivity index (χ4v) is 3.16. The molecule has 0 amide bonds. The van der Waals surface area contributed by atoms with Crippen molar-refractivity contribution in [1.29, 1.82) is 0 Å². The van der Waals surface area contributed by atoms with Crippen LogP contribution < -0.4 is 5.32 Å². The number of hydrogen-bond acceptors (Lipinski definition) is 2. The van der Waals surface area contributed by atoms with E-state index in [2.05, 4.69) is 24.2 Å². The number of nitrogens with zero attached hydrogens (tertiary/aromatic N) is 1. The van der Waals surface area contributed by atoms with Crippen molar-refractivity contribution in [2.45, 2.75) is 63.5 Å². The van der Waals surface area contributed by atoms with Gasteiger partial charge in [0.25, 0.3) is 0 Å². The van der Waals surface area contributed by atoms with Crippen molar-refractivity contribution in [2.24, 2.45) is 0 Å². The summed E-state index contributed by atoms with van der Waals surface area (Å²) in [5.41, 5.74) is 0.457. The Labute approximate surface area is 94.4 Å². The molecule has 0 aromatic rings. The normalized spacial score (nSPS) is 38.4. The summed E-state index contributed by atoms with van der Waals surface area (Å²) in [4.78, 5) is 2.57. The molecule has 0 saturated carbocycles. The van der Waals surface area contributed by atoms with Gasteiger partial charge in [-0.2, -0.15) is 0 Å². The number of piperidine rings is 1. The van der Waals surface area contributed by atoms with Crippen LogP contribution >= 0.6 is 0 Å². The quantitative estimate of drug-likeness (QED) is 0.769. The zero-order valence-corrected chi connectivity index (χ0v) is 10.4. The predicted molar refractivity (Wildman–Crippen MR) is 65.1 cm³/mol. The molecule has 0 bridgehead atoms. The Bertz CT molecular complexity index is 197. The second kappa shape index (κ2) is 4.84. The predicted octanol–water partition coefficient (Wildman–Crippen LogP) is 2.39. The first-order valence-corrected chi connectivity index (χ1v) is 6.65. The van der Waals surface area contributed by atoms with E-state index in [1.165, 1.54) is 58.0 Å². The maximum absolute atomic E-state index is 3.67. The molecule has 2 heterocycles. The zero-order valence-electron chi connectivity index (χ0n) is 10.4. The first kappa shape index (κ1) is 11.4. The topological polar surface area (TPSA) is 15.3 Å². The fraction of sp³-hybridized carbons (Fsp3) is 1.00. The molecule has 15 heavy (non-hydrogen) atoms. The van der Waals surface area contributed by atoms with Gasteiger partial charge in [-0.05, 0) is 65.6 Å². The third kappa shape index (κ3) is 2.94. The third-order valence-corrected chi connectivity index (χ3v) is 4.41. The molecule has 0 spiro atoms. The smallest absolute Gasteiger partial charge is 0.0154 e. The van der Waals surface area contributed by atoms with Crippen LogP contribution in [-0.2, 0) is 0 Å². The highest BCUT2D eigenvalue weighted by Crippen LogP contribution is 2.27. The van der Waals surface area contributed by atoms with Crippen LogP contribution in [0.2, 0.25) is 0 Å². The summed E-state index contributed by atoms with van der Waals surface area (Å²) in [6.45, 7) is 4.95. The van der Waals surface area contributed by atoms with Gasteiger partial charge in [-0.3, -0.25) is 0 Å². The van der Waals surface area contributed by atoms with Gasteiger partial charge in [0.1, 0.15) is 0 Å². The highest BCUT2D eigenvalue weighted by molar-refractivity contribution is 4.90. The van der Waals surface area contributed by atoms with Crippen LogP contribution in [0, 0.1) is 0 Å². The van der Waals surface area contributed by atoms with E-state index in [0.717, 1.165) is 6.04 Å². The summed E-state index contributed by atoms with van der Waals surface area (Å²) >= 11 is 0. The standard InChI is InChI=1S/C13H26N2/c1-13(8-5-10-14-13)9-7-12-6-3-4-11-15(12)2/h12,14H,3-11H2,1-2H3. The van der Waals surface area contributed by atoms with E-state index < -0.39 is 0 Å². The minimum atomic E-state index is 0.457. The summed E-state index contributed by atoms with van der Waals surface area (Å²) in [6.07, 6.45) is 9.77. The molecular weight excluding hydrogens is 184 g/mol. The van der Waals surface area contributed by atoms with Crippen LogP contribution in [0.5, 0.6) is 0 Å². The molecule has 2 rings (SSSR count). The van der Waals surface area contributed by atoms with E-state index in [-0.39, 0.29) is 0 Å². The second-order valence-corrected chi connectivity index (χ2v) is 5.76. The Hall–Kier alpha value is -0.0800. The minimum Gasteiger partial charge on any atom is -0.312 e. The molecule has 0 aliphatic carbocycles. The number of rotatable bonds is 3. The molecular formula is C13H26N2. The lowest BCUT2D eigenvalue weighted by Crippen LogP contribution is -2.41. The summed E-state index contributed by atoms with van der Waals surface area (Å²) in [5.74, 6) is 0. The van der Waals surface area contributed by atoms with Crippen molar-refractivity contribution in [3.05, 3.63) is 0 Å². The van der Waals surface area contributed by atoms with Crippen LogP contribution in [0.1, 0.15) is 51.9 Å². The van der Waals surface area contributed by atoms with Gasteiger partial charge in [0.2, 0.25) is 0 Å². The number of likely N-dealkylation sites (tertiary alicyclic amines) is 1. The van der Waals surface area contributed by atoms with Crippen LogP contribution in [0.3, 0.4) is 0 Å². The molecule has 2 nitrogen and oxygen atoms in total. The lowest BCUT2D eigenvalue weighted by molar-refractivity contribution is 0.162. The highest BCUT2D eigenvalue weighted by Gasteiger charge is 2.29. The second-order valence-electron chi connectivity index (χ2n) is 5.76. The van der Waals surface area contributed by atoms with E-state index >= 15 is 0 Å². The molecule has 2 heteroatoms. The Kier molecular flexibility index (Phi) is 3.68. The fourth-order valence-electron chi connectivity index (χ4n) is 3.16. The van der Waals surface area contributed by atoms with E-state index in [1.807, 2.05) is 0 Å². The Balaban J connectivity index is 1.76. The van der Waals surface area contributed by atoms with Crippen molar-refractivity contribution >= 4 is 0 Å². The molecule has 2 fully saturated rings. The Morgan fingerprint density at radius 2 is 2.20 bits per heavy atom. The molecule has 88 valence electrons. The van der Waals surface area contributed by atoms with Gasteiger partial charge in [-0.1, -0.05) is 6.42 Å². The van der Waals surface area contributed by atoms with Gasteiger partial charge >= 0.3 is 0 Å². The van der Waals surface area contributed by atoms with Gasteiger partial charge in [0.05, 0.1) is 0 Å². The van der Waals surface area contributed by atoms with Gasteiger partial charge in [-0.25, -0.2) is 0 Å². The molecule has 2 atom stereocenters. The summed E-state index contributed by atoms with van der Waals surface area (Å²) in [5, 5.41) is 3.67. The van der Waals surface area contributed by atoms with Crippen molar-refractivity contribution in [3.8, 4) is 0 Å². The Morgan fingerprint density at radius 3 is 2.87 bits per heavy atom. The van der Waals surface area contributed by atoms with Crippen LogP contribution in [0.25, 0.3) is 0 Å². The van der Waals surface area contributed by atoms with Gasteiger partial charge in [-0.15, -0.1) is 0 Å². The summed E-state index contributed by atoms with van der Waals surface area (Å²) in [7, 11) is 2.30. The molecule has 1 N–H and O–H groups in total. The molecule has 0 aromatic heterocycles. The van der Waals surface area contributed by atoms with E-state index in [0.29, 0.717) is 5.54 Å². The maximum atomic E-state index is 3.67. The van der Waals surface area contributed by atoms with Gasteiger partial charge in [0.15, 0.2) is 0 Å². The molecule has 0 aromatic carbocycles. The largest absolute Gasteiger partial charge is 0.312 e. The first-order chi connectivity index (χ1) is 7.20. The molecule has 2 unspecified atom stereocenters. The highest BCUT2D eigenvalue weighted by atomic mass is 15.1.